The van der Waals surface area contributed by atoms with Crippen LogP contribution in [0.5, 0.6) is 0 Å². The van der Waals surface area contributed by atoms with E-state index >= 15 is 0 Å². The first-order valence-corrected chi connectivity index (χ1v) is 10.4. The Hall–Kier alpha value is -2.74. The van der Waals surface area contributed by atoms with E-state index in [1.54, 1.807) is 24.4 Å². The highest BCUT2D eigenvalue weighted by Gasteiger charge is 2.36. The average molecular weight is 419 g/mol. The van der Waals surface area contributed by atoms with Crippen molar-refractivity contribution in [2.75, 3.05) is 11.9 Å². The van der Waals surface area contributed by atoms with Crippen molar-refractivity contribution in [1.29, 1.82) is 0 Å². The third-order valence-corrected chi connectivity index (χ3v) is 5.98. The summed E-state index contributed by atoms with van der Waals surface area (Å²) in [6.07, 6.45) is 2.53. The van der Waals surface area contributed by atoms with Gasteiger partial charge >= 0.3 is 11.9 Å². The molecule has 1 aliphatic carbocycles. The Morgan fingerprint density at radius 3 is 2.45 bits per heavy atom. The number of halogens is 1. The third kappa shape index (κ3) is 4.64. The van der Waals surface area contributed by atoms with Crippen LogP contribution in [0.2, 0.25) is 0 Å². The van der Waals surface area contributed by atoms with Crippen LogP contribution in [0.25, 0.3) is 11.1 Å². The number of carbonyl (C=O) groups excluding carboxylic acids is 2. The molecular weight excluding hydrogens is 397 g/mol. The number of nitrogens with one attached hydrogen (secondary N) is 1. The molecule has 2 aromatic rings. The van der Waals surface area contributed by atoms with Crippen LogP contribution < -0.4 is 5.32 Å². The lowest BCUT2D eigenvalue weighted by Crippen LogP contribution is -2.36. The SMILES string of the molecule is CCOC(=O)c1c(-c2ccc(F)cc2)csc1NC(=O)[C@@H]1CCCC[C@@H]1C(=O)O. The second-order valence-corrected chi connectivity index (χ2v) is 7.79. The molecule has 1 saturated carbocycles. The number of anilines is 1. The molecule has 1 amide bonds. The second-order valence-electron chi connectivity index (χ2n) is 6.91. The molecule has 29 heavy (non-hydrogen) atoms. The zero-order chi connectivity index (χ0) is 21.0. The van der Waals surface area contributed by atoms with Gasteiger partial charge in [0.1, 0.15) is 16.4 Å². The molecule has 1 fully saturated rings. The molecule has 1 heterocycles. The maximum absolute atomic E-state index is 13.3. The molecule has 154 valence electrons. The van der Waals surface area contributed by atoms with E-state index in [-0.39, 0.29) is 12.2 Å². The van der Waals surface area contributed by atoms with E-state index < -0.39 is 35.5 Å². The van der Waals surface area contributed by atoms with Crippen LogP contribution in [-0.2, 0) is 14.3 Å². The van der Waals surface area contributed by atoms with E-state index in [0.29, 0.717) is 29.0 Å². The van der Waals surface area contributed by atoms with Gasteiger partial charge in [0.2, 0.25) is 5.91 Å². The largest absolute Gasteiger partial charge is 0.481 e. The lowest BCUT2D eigenvalue weighted by atomic mass is 9.79. The number of carbonyl (C=O) groups is 3. The molecule has 2 N–H and O–H groups in total. The van der Waals surface area contributed by atoms with E-state index in [1.165, 1.54) is 12.1 Å². The average Bonchev–Trinajstić information content (AvgIpc) is 3.12. The highest BCUT2D eigenvalue weighted by molar-refractivity contribution is 7.15. The van der Waals surface area contributed by atoms with Gasteiger partial charge in [-0.1, -0.05) is 25.0 Å². The van der Waals surface area contributed by atoms with Gasteiger partial charge in [0.05, 0.1) is 18.4 Å². The molecule has 1 aromatic heterocycles. The summed E-state index contributed by atoms with van der Waals surface area (Å²) in [7, 11) is 0. The number of rotatable bonds is 6. The molecule has 1 aromatic carbocycles. The summed E-state index contributed by atoms with van der Waals surface area (Å²) in [5.74, 6) is -3.75. The van der Waals surface area contributed by atoms with Crippen molar-refractivity contribution in [3.05, 3.63) is 41.0 Å². The molecule has 0 unspecified atom stereocenters. The number of amides is 1. The summed E-state index contributed by atoms with van der Waals surface area (Å²) < 4.78 is 18.4. The summed E-state index contributed by atoms with van der Waals surface area (Å²) in [6, 6.07) is 5.68. The first-order chi connectivity index (χ1) is 13.9. The van der Waals surface area contributed by atoms with Crippen molar-refractivity contribution in [3.63, 3.8) is 0 Å². The minimum Gasteiger partial charge on any atom is -0.481 e. The molecule has 2 atom stereocenters. The van der Waals surface area contributed by atoms with Gasteiger partial charge in [-0.3, -0.25) is 9.59 Å². The monoisotopic (exact) mass is 419 g/mol. The van der Waals surface area contributed by atoms with Crippen molar-refractivity contribution in [1.82, 2.24) is 0 Å². The van der Waals surface area contributed by atoms with Crippen LogP contribution in [0.15, 0.2) is 29.6 Å². The first kappa shape index (κ1) is 21.0. The molecule has 0 radical (unpaired) electrons. The quantitative estimate of drug-likeness (QED) is 0.670. The summed E-state index contributed by atoms with van der Waals surface area (Å²) in [5.41, 5.74) is 1.34. The van der Waals surface area contributed by atoms with E-state index in [9.17, 15) is 23.9 Å². The maximum atomic E-state index is 13.3. The number of hydrogen-bond donors (Lipinski definition) is 2. The highest BCUT2D eigenvalue weighted by atomic mass is 32.1. The molecule has 0 spiro atoms. The normalized spacial score (nSPS) is 18.8. The van der Waals surface area contributed by atoms with Crippen molar-refractivity contribution in [2.45, 2.75) is 32.6 Å². The van der Waals surface area contributed by atoms with E-state index in [1.807, 2.05) is 0 Å². The van der Waals surface area contributed by atoms with Crippen LogP contribution in [0.4, 0.5) is 9.39 Å². The van der Waals surface area contributed by atoms with Crippen molar-refractivity contribution in [3.8, 4) is 11.1 Å². The fraction of sp³-hybridized carbons (Fsp3) is 0.381. The van der Waals surface area contributed by atoms with E-state index in [0.717, 1.165) is 24.2 Å². The minimum atomic E-state index is -0.978. The molecule has 8 heteroatoms. The number of ether oxygens (including phenoxy) is 1. The van der Waals surface area contributed by atoms with Gasteiger partial charge in [0, 0.05) is 10.9 Å². The van der Waals surface area contributed by atoms with Gasteiger partial charge in [-0.25, -0.2) is 9.18 Å². The van der Waals surface area contributed by atoms with Crippen molar-refractivity contribution >= 4 is 34.2 Å². The van der Waals surface area contributed by atoms with Gasteiger partial charge in [0.25, 0.3) is 0 Å². The number of benzene rings is 1. The Balaban J connectivity index is 1.92. The Morgan fingerprint density at radius 1 is 1.17 bits per heavy atom. The van der Waals surface area contributed by atoms with Crippen LogP contribution >= 0.6 is 11.3 Å². The molecule has 3 rings (SSSR count). The summed E-state index contributed by atoms with van der Waals surface area (Å²) in [4.78, 5) is 36.9. The van der Waals surface area contributed by atoms with Crippen LogP contribution in [0, 0.1) is 17.7 Å². The molecule has 1 aliphatic rings. The van der Waals surface area contributed by atoms with Crippen LogP contribution in [-0.4, -0.2) is 29.6 Å². The maximum Gasteiger partial charge on any atom is 0.341 e. The Labute approximate surface area is 171 Å². The smallest absolute Gasteiger partial charge is 0.341 e. The predicted octanol–water partition coefficient (Wildman–Crippen LogP) is 4.56. The number of aliphatic carboxylic acids is 1. The standard InChI is InChI=1S/C21H22FNO5S/c1-2-28-21(27)17-16(12-7-9-13(22)10-8-12)11-29-19(17)23-18(24)14-5-3-4-6-15(14)20(25)26/h7-11,14-15H,2-6H2,1H3,(H,23,24)(H,25,26)/t14-,15+/m1/s1. The topological polar surface area (TPSA) is 92.7 Å². The fourth-order valence-electron chi connectivity index (χ4n) is 3.64. The minimum absolute atomic E-state index is 0.161. The second kappa shape index (κ2) is 9.17. The first-order valence-electron chi connectivity index (χ1n) is 9.50. The van der Waals surface area contributed by atoms with E-state index in [2.05, 4.69) is 5.32 Å². The predicted molar refractivity (Wildman–Crippen MR) is 107 cm³/mol. The zero-order valence-electron chi connectivity index (χ0n) is 15.9. The number of carboxylic acids is 1. The van der Waals surface area contributed by atoms with Gasteiger partial charge in [-0.2, -0.15) is 0 Å². The Kier molecular flexibility index (Phi) is 6.64. The van der Waals surface area contributed by atoms with Gasteiger partial charge in [-0.15, -0.1) is 11.3 Å². The highest BCUT2D eigenvalue weighted by Crippen LogP contribution is 2.38. The summed E-state index contributed by atoms with van der Waals surface area (Å²) >= 11 is 1.16. The lowest BCUT2D eigenvalue weighted by molar-refractivity contribution is -0.147. The van der Waals surface area contributed by atoms with Crippen LogP contribution in [0.1, 0.15) is 43.0 Å². The van der Waals surface area contributed by atoms with Gasteiger partial charge in [0.15, 0.2) is 0 Å². The Bertz CT molecular complexity index is 908. The lowest BCUT2D eigenvalue weighted by Gasteiger charge is -2.27. The molecule has 0 aliphatic heterocycles. The molecule has 0 bridgehead atoms. The van der Waals surface area contributed by atoms with Gasteiger partial charge < -0.3 is 15.2 Å². The number of thiophene rings is 1. The molecule has 6 nitrogen and oxygen atoms in total. The number of carboxylic acid groups (broad SMARTS) is 1. The van der Waals surface area contributed by atoms with E-state index in [4.69, 9.17) is 4.74 Å². The number of esters is 1. The fourth-order valence-corrected chi connectivity index (χ4v) is 4.60. The van der Waals surface area contributed by atoms with Crippen molar-refractivity contribution in [2.24, 2.45) is 11.8 Å². The molecule has 0 saturated heterocycles. The summed E-state index contributed by atoms with van der Waals surface area (Å²) in [6.45, 7) is 1.84. The number of hydrogen-bond acceptors (Lipinski definition) is 5. The summed E-state index contributed by atoms with van der Waals surface area (Å²) in [5, 5.41) is 14.2. The van der Waals surface area contributed by atoms with Gasteiger partial charge in [-0.05, 0) is 37.5 Å². The zero-order valence-corrected chi connectivity index (χ0v) is 16.8. The molecular formula is C21H22FNO5S. The van der Waals surface area contributed by atoms with Crippen LogP contribution in [0.3, 0.4) is 0 Å². The third-order valence-electron chi connectivity index (χ3n) is 5.08. The van der Waals surface area contributed by atoms with Crippen molar-refractivity contribution < 1.29 is 28.6 Å². The Morgan fingerprint density at radius 2 is 1.83 bits per heavy atom.